The minimum absolute atomic E-state index is 0.260. The van der Waals surface area contributed by atoms with Crippen molar-refractivity contribution in [2.75, 3.05) is 23.7 Å². The Morgan fingerprint density at radius 2 is 1.63 bits per heavy atom. The van der Waals surface area contributed by atoms with Gasteiger partial charge in [-0.15, -0.1) is 11.3 Å². The first-order valence-electron chi connectivity index (χ1n) is 9.61. The largest absolute Gasteiger partial charge is 0.332 e. The molecule has 0 saturated carbocycles. The third kappa shape index (κ3) is 5.20. The first-order chi connectivity index (χ1) is 14.1. The number of sulfonamides is 1. The average molecular weight is 488 g/mol. The molecule has 0 amide bonds. The van der Waals surface area contributed by atoms with Gasteiger partial charge in [0, 0.05) is 24.2 Å². The van der Waals surface area contributed by atoms with Gasteiger partial charge in [-0.1, -0.05) is 6.42 Å². The van der Waals surface area contributed by atoms with Gasteiger partial charge in [0.15, 0.2) is 14.9 Å². The standard InChI is InChI=1S/C19H25N3O4S4/c1-14(2)29(23,24)17-12-18(28-13-17)21-19(27)20-15-6-8-16(9-7-15)30(25,26)22-10-4-3-5-11-22/h6-9,12-14H,3-5,10-11H2,1-2H3,(H2,20,21,27). The summed E-state index contributed by atoms with van der Waals surface area (Å²) in [6.07, 6.45) is 2.85. The van der Waals surface area contributed by atoms with Crippen molar-refractivity contribution < 1.29 is 16.8 Å². The van der Waals surface area contributed by atoms with Gasteiger partial charge in [-0.05, 0) is 69.2 Å². The van der Waals surface area contributed by atoms with Crippen molar-refractivity contribution in [1.82, 2.24) is 4.31 Å². The summed E-state index contributed by atoms with van der Waals surface area (Å²) in [5.74, 6) is 0. The van der Waals surface area contributed by atoms with Crippen LogP contribution in [0.15, 0.2) is 45.5 Å². The zero-order valence-corrected chi connectivity index (χ0v) is 20.1. The molecule has 2 aromatic rings. The molecule has 1 aromatic heterocycles. The van der Waals surface area contributed by atoms with Crippen molar-refractivity contribution in [2.24, 2.45) is 0 Å². The number of rotatable bonds is 6. The average Bonchev–Trinajstić information content (AvgIpc) is 3.18. The fraction of sp³-hybridized carbons (Fsp3) is 0.421. The minimum Gasteiger partial charge on any atom is -0.332 e. The van der Waals surface area contributed by atoms with Gasteiger partial charge in [0.1, 0.15) is 0 Å². The molecule has 0 atom stereocenters. The third-order valence-corrected chi connectivity index (χ3v) is 10.1. The molecule has 1 saturated heterocycles. The molecular weight excluding hydrogens is 462 g/mol. The topological polar surface area (TPSA) is 95.6 Å². The van der Waals surface area contributed by atoms with Crippen LogP contribution in [-0.4, -0.2) is 44.6 Å². The van der Waals surface area contributed by atoms with Gasteiger partial charge in [-0.25, -0.2) is 16.8 Å². The van der Waals surface area contributed by atoms with E-state index in [4.69, 9.17) is 12.2 Å². The van der Waals surface area contributed by atoms with Crippen molar-refractivity contribution in [3.63, 3.8) is 0 Å². The Bertz CT molecular complexity index is 1100. The summed E-state index contributed by atoms with van der Waals surface area (Å²) >= 11 is 6.54. The molecule has 0 radical (unpaired) electrons. The predicted octanol–water partition coefficient (Wildman–Crippen LogP) is 3.91. The highest BCUT2D eigenvalue weighted by Crippen LogP contribution is 2.27. The lowest BCUT2D eigenvalue weighted by atomic mass is 10.2. The van der Waals surface area contributed by atoms with Crippen LogP contribution in [0.5, 0.6) is 0 Å². The number of nitrogens with one attached hydrogen (secondary N) is 2. The van der Waals surface area contributed by atoms with Crippen LogP contribution in [0.3, 0.4) is 0 Å². The van der Waals surface area contributed by atoms with Crippen LogP contribution in [-0.2, 0) is 19.9 Å². The second-order valence-electron chi connectivity index (χ2n) is 7.31. The molecule has 11 heteroatoms. The number of thiocarbonyl (C=S) groups is 1. The number of hydrogen-bond acceptors (Lipinski definition) is 6. The second kappa shape index (κ2) is 9.31. The number of piperidine rings is 1. The molecule has 1 aliphatic rings. The summed E-state index contributed by atoms with van der Waals surface area (Å²) in [6.45, 7) is 4.40. The second-order valence-corrected chi connectivity index (χ2v) is 13.1. The Balaban J connectivity index is 1.63. The molecular formula is C19H25N3O4S4. The normalized spacial score (nSPS) is 15.8. The Morgan fingerprint density at radius 1 is 1.00 bits per heavy atom. The molecule has 1 fully saturated rings. The first kappa shape index (κ1) is 23.1. The van der Waals surface area contributed by atoms with Gasteiger partial charge in [-0.2, -0.15) is 4.31 Å². The molecule has 30 heavy (non-hydrogen) atoms. The van der Waals surface area contributed by atoms with E-state index >= 15 is 0 Å². The molecule has 0 unspecified atom stereocenters. The van der Waals surface area contributed by atoms with E-state index in [0.29, 0.717) is 23.8 Å². The molecule has 0 aliphatic carbocycles. The number of anilines is 2. The number of benzene rings is 1. The minimum atomic E-state index is -3.47. The Hall–Kier alpha value is -1.53. The highest BCUT2D eigenvalue weighted by molar-refractivity contribution is 7.92. The van der Waals surface area contributed by atoms with Crippen molar-refractivity contribution in [3.8, 4) is 0 Å². The molecule has 3 rings (SSSR count). The highest BCUT2D eigenvalue weighted by atomic mass is 32.2. The summed E-state index contributed by atoms with van der Waals surface area (Å²) in [7, 11) is -6.81. The Labute approximate surface area is 187 Å². The van der Waals surface area contributed by atoms with Crippen LogP contribution >= 0.6 is 23.6 Å². The van der Waals surface area contributed by atoms with Crippen molar-refractivity contribution in [2.45, 2.75) is 48.2 Å². The van der Waals surface area contributed by atoms with E-state index in [9.17, 15) is 16.8 Å². The van der Waals surface area contributed by atoms with Crippen LogP contribution in [0, 0.1) is 0 Å². The zero-order chi connectivity index (χ0) is 21.9. The van der Waals surface area contributed by atoms with E-state index in [2.05, 4.69) is 10.6 Å². The summed E-state index contributed by atoms with van der Waals surface area (Å²) in [4.78, 5) is 0.524. The quantitative estimate of drug-likeness (QED) is 0.596. The van der Waals surface area contributed by atoms with Gasteiger partial charge in [0.05, 0.1) is 20.0 Å². The fourth-order valence-corrected chi connectivity index (χ4v) is 7.10. The summed E-state index contributed by atoms with van der Waals surface area (Å²) in [6, 6.07) is 8.00. The van der Waals surface area contributed by atoms with Gasteiger partial charge in [0.25, 0.3) is 0 Å². The van der Waals surface area contributed by atoms with Crippen LogP contribution < -0.4 is 10.6 Å². The lowest BCUT2D eigenvalue weighted by molar-refractivity contribution is 0.346. The maximum atomic E-state index is 12.7. The van der Waals surface area contributed by atoms with Crippen LogP contribution in [0.25, 0.3) is 0 Å². The zero-order valence-electron chi connectivity index (χ0n) is 16.8. The van der Waals surface area contributed by atoms with E-state index in [1.54, 1.807) is 49.6 Å². The Morgan fingerprint density at radius 3 is 2.23 bits per heavy atom. The van der Waals surface area contributed by atoms with Crippen LogP contribution in [0.1, 0.15) is 33.1 Å². The third-order valence-electron chi connectivity index (χ3n) is 4.83. The lowest BCUT2D eigenvalue weighted by Crippen LogP contribution is -2.35. The molecule has 2 heterocycles. The maximum absolute atomic E-state index is 12.7. The molecule has 164 valence electrons. The smallest absolute Gasteiger partial charge is 0.243 e. The molecule has 2 N–H and O–H groups in total. The SMILES string of the molecule is CC(C)S(=O)(=O)c1csc(NC(=S)Nc2ccc(S(=O)(=O)N3CCCCC3)cc2)c1. The summed E-state index contributed by atoms with van der Waals surface area (Å²) in [5, 5.41) is 7.94. The fourth-order valence-electron chi connectivity index (χ4n) is 3.04. The lowest BCUT2D eigenvalue weighted by Gasteiger charge is -2.25. The number of hydrogen-bond donors (Lipinski definition) is 2. The highest BCUT2D eigenvalue weighted by Gasteiger charge is 2.25. The van der Waals surface area contributed by atoms with E-state index in [0.717, 1.165) is 19.3 Å². The van der Waals surface area contributed by atoms with E-state index in [1.807, 2.05) is 0 Å². The number of nitrogens with zero attached hydrogens (tertiary/aromatic N) is 1. The first-order valence-corrected chi connectivity index (χ1v) is 13.9. The maximum Gasteiger partial charge on any atom is 0.243 e. The van der Waals surface area contributed by atoms with Crippen LogP contribution in [0.2, 0.25) is 0 Å². The Kier molecular flexibility index (Phi) is 7.18. The molecule has 1 aromatic carbocycles. The van der Waals surface area contributed by atoms with Gasteiger partial charge >= 0.3 is 0 Å². The van der Waals surface area contributed by atoms with E-state index in [-0.39, 0.29) is 14.9 Å². The number of thiophene rings is 1. The van der Waals surface area contributed by atoms with Gasteiger partial charge in [0.2, 0.25) is 10.0 Å². The van der Waals surface area contributed by atoms with Gasteiger partial charge in [-0.3, -0.25) is 0 Å². The van der Waals surface area contributed by atoms with E-state index < -0.39 is 25.1 Å². The molecule has 0 spiro atoms. The monoisotopic (exact) mass is 487 g/mol. The summed E-state index contributed by atoms with van der Waals surface area (Å²) in [5.41, 5.74) is 0.636. The molecule has 1 aliphatic heterocycles. The molecule has 7 nitrogen and oxygen atoms in total. The summed E-state index contributed by atoms with van der Waals surface area (Å²) < 4.78 is 51.4. The predicted molar refractivity (Wildman–Crippen MR) is 126 cm³/mol. The van der Waals surface area contributed by atoms with Gasteiger partial charge < -0.3 is 10.6 Å². The van der Waals surface area contributed by atoms with Crippen molar-refractivity contribution in [3.05, 3.63) is 35.7 Å². The van der Waals surface area contributed by atoms with Crippen molar-refractivity contribution >= 4 is 59.2 Å². The van der Waals surface area contributed by atoms with Crippen LogP contribution in [0.4, 0.5) is 10.7 Å². The molecule has 0 bridgehead atoms. The van der Waals surface area contributed by atoms with E-state index in [1.165, 1.54) is 15.6 Å². The number of sulfone groups is 1. The van der Waals surface area contributed by atoms with Crippen molar-refractivity contribution in [1.29, 1.82) is 0 Å².